The molecule has 1 N–H and O–H groups in total. The lowest BCUT2D eigenvalue weighted by molar-refractivity contribution is 0.869. The molecule has 2 heterocycles. The van der Waals surface area contributed by atoms with Crippen molar-refractivity contribution < 1.29 is 0 Å². The molecule has 0 amide bonds. The number of H-pyrrole nitrogens is 1. The third-order valence-corrected chi connectivity index (χ3v) is 2.31. The van der Waals surface area contributed by atoms with E-state index >= 15 is 0 Å². The van der Waals surface area contributed by atoms with Gasteiger partial charge in [-0.1, -0.05) is 19.9 Å². The van der Waals surface area contributed by atoms with Gasteiger partial charge in [-0.15, -0.1) is 0 Å². The Morgan fingerprint density at radius 2 is 2.14 bits per heavy atom. The van der Waals surface area contributed by atoms with Gasteiger partial charge in [0.25, 0.3) is 0 Å². The SMILES string of the molecule is CC(C)c1c[nH]c(-c2ccccn2)c1. The van der Waals surface area contributed by atoms with Crippen LogP contribution in [0.15, 0.2) is 36.7 Å². The van der Waals surface area contributed by atoms with Crippen LogP contribution in [0.1, 0.15) is 25.3 Å². The average Bonchev–Trinajstić information content (AvgIpc) is 2.68. The summed E-state index contributed by atoms with van der Waals surface area (Å²) in [5, 5.41) is 0. The summed E-state index contributed by atoms with van der Waals surface area (Å²) in [6.07, 6.45) is 3.86. The van der Waals surface area contributed by atoms with Crippen LogP contribution in [0.2, 0.25) is 0 Å². The minimum Gasteiger partial charge on any atom is -0.360 e. The summed E-state index contributed by atoms with van der Waals surface area (Å²) in [7, 11) is 0. The van der Waals surface area contributed by atoms with Gasteiger partial charge in [0.2, 0.25) is 0 Å². The number of nitrogens with zero attached hydrogens (tertiary/aromatic N) is 1. The molecule has 2 nitrogen and oxygen atoms in total. The first-order chi connectivity index (χ1) is 6.77. The van der Waals surface area contributed by atoms with Crippen LogP contribution in [0.3, 0.4) is 0 Å². The van der Waals surface area contributed by atoms with Crippen LogP contribution in [-0.4, -0.2) is 9.97 Å². The van der Waals surface area contributed by atoms with Gasteiger partial charge in [0, 0.05) is 12.4 Å². The summed E-state index contributed by atoms with van der Waals surface area (Å²) >= 11 is 0. The van der Waals surface area contributed by atoms with Crippen molar-refractivity contribution in [2.24, 2.45) is 0 Å². The molecule has 0 spiro atoms. The smallest absolute Gasteiger partial charge is 0.0864 e. The predicted molar refractivity (Wildman–Crippen MR) is 58.1 cm³/mol. The largest absolute Gasteiger partial charge is 0.360 e. The minimum absolute atomic E-state index is 0.559. The lowest BCUT2D eigenvalue weighted by atomic mass is 10.1. The normalized spacial score (nSPS) is 10.8. The molecule has 0 saturated carbocycles. The van der Waals surface area contributed by atoms with Crippen molar-refractivity contribution in [2.75, 3.05) is 0 Å². The van der Waals surface area contributed by atoms with E-state index in [1.165, 1.54) is 5.56 Å². The number of aromatic amines is 1. The van der Waals surface area contributed by atoms with Gasteiger partial charge < -0.3 is 4.98 Å². The Morgan fingerprint density at radius 1 is 1.29 bits per heavy atom. The molecule has 0 aliphatic heterocycles. The highest BCUT2D eigenvalue weighted by atomic mass is 14.8. The predicted octanol–water partition coefficient (Wildman–Crippen LogP) is 3.20. The second-order valence-corrected chi connectivity index (χ2v) is 3.72. The van der Waals surface area contributed by atoms with E-state index in [2.05, 4.69) is 36.1 Å². The maximum atomic E-state index is 4.29. The molecule has 0 aromatic carbocycles. The highest BCUT2D eigenvalue weighted by Crippen LogP contribution is 2.21. The molecule has 0 radical (unpaired) electrons. The molecular formula is C12H14N2. The summed E-state index contributed by atoms with van der Waals surface area (Å²) < 4.78 is 0. The third-order valence-electron chi connectivity index (χ3n) is 2.31. The van der Waals surface area contributed by atoms with Crippen molar-refractivity contribution in [3.8, 4) is 11.4 Å². The number of nitrogens with one attached hydrogen (secondary N) is 1. The zero-order chi connectivity index (χ0) is 9.97. The van der Waals surface area contributed by atoms with Crippen molar-refractivity contribution in [3.63, 3.8) is 0 Å². The maximum absolute atomic E-state index is 4.29. The van der Waals surface area contributed by atoms with E-state index in [-0.39, 0.29) is 0 Å². The topological polar surface area (TPSA) is 28.7 Å². The van der Waals surface area contributed by atoms with Crippen molar-refractivity contribution >= 4 is 0 Å². The summed E-state index contributed by atoms with van der Waals surface area (Å²) in [4.78, 5) is 7.53. The van der Waals surface area contributed by atoms with Crippen LogP contribution in [0.4, 0.5) is 0 Å². The molecule has 72 valence electrons. The molecular weight excluding hydrogens is 172 g/mol. The van der Waals surface area contributed by atoms with Crippen LogP contribution in [0.25, 0.3) is 11.4 Å². The molecule has 2 aromatic heterocycles. The van der Waals surface area contributed by atoms with Gasteiger partial charge in [-0.3, -0.25) is 4.98 Å². The van der Waals surface area contributed by atoms with Crippen molar-refractivity contribution in [3.05, 3.63) is 42.2 Å². The molecule has 2 heteroatoms. The molecule has 0 saturated heterocycles. The van der Waals surface area contributed by atoms with E-state index in [4.69, 9.17) is 0 Å². The summed E-state index contributed by atoms with van der Waals surface area (Å²) in [6, 6.07) is 8.09. The first-order valence-corrected chi connectivity index (χ1v) is 4.87. The summed E-state index contributed by atoms with van der Waals surface area (Å²) in [5.41, 5.74) is 3.42. The van der Waals surface area contributed by atoms with Gasteiger partial charge in [-0.05, 0) is 29.7 Å². The van der Waals surface area contributed by atoms with Crippen LogP contribution >= 0.6 is 0 Å². The van der Waals surface area contributed by atoms with Crippen LogP contribution in [0.5, 0.6) is 0 Å². The number of pyridine rings is 1. The van der Waals surface area contributed by atoms with Gasteiger partial charge in [0.05, 0.1) is 11.4 Å². The molecule has 0 aliphatic rings. The van der Waals surface area contributed by atoms with E-state index in [0.717, 1.165) is 11.4 Å². The summed E-state index contributed by atoms with van der Waals surface area (Å²) in [6.45, 7) is 4.37. The second-order valence-electron chi connectivity index (χ2n) is 3.72. The first kappa shape index (κ1) is 9.00. The number of hydrogen-bond donors (Lipinski definition) is 1. The Bertz CT molecular complexity index is 401. The standard InChI is InChI=1S/C12H14N2/c1-9(2)10-7-12(14-8-10)11-5-3-4-6-13-11/h3-9,14H,1-2H3. The van der Waals surface area contributed by atoms with E-state index in [0.29, 0.717) is 5.92 Å². The first-order valence-electron chi connectivity index (χ1n) is 4.87. The fraction of sp³-hybridized carbons (Fsp3) is 0.250. The molecule has 0 bridgehead atoms. The fourth-order valence-corrected chi connectivity index (χ4v) is 1.41. The molecule has 2 rings (SSSR count). The lowest BCUT2D eigenvalue weighted by Gasteiger charge is -1.97. The Labute approximate surface area is 84.0 Å². The third kappa shape index (κ3) is 1.69. The average molecular weight is 186 g/mol. The van der Waals surface area contributed by atoms with Crippen LogP contribution < -0.4 is 0 Å². The molecule has 0 fully saturated rings. The van der Waals surface area contributed by atoms with Crippen molar-refractivity contribution in [1.82, 2.24) is 9.97 Å². The molecule has 2 aromatic rings. The molecule has 0 atom stereocenters. The Kier molecular flexibility index (Phi) is 2.35. The van der Waals surface area contributed by atoms with Crippen molar-refractivity contribution in [1.29, 1.82) is 0 Å². The second kappa shape index (κ2) is 3.66. The Morgan fingerprint density at radius 3 is 2.71 bits per heavy atom. The van der Waals surface area contributed by atoms with E-state index in [9.17, 15) is 0 Å². The van der Waals surface area contributed by atoms with Gasteiger partial charge in [-0.2, -0.15) is 0 Å². The maximum Gasteiger partial charge on any atom is 0.0864 e. The van der Waals surface area contributed by atoms with Crippen molar-refractivity contribution in [2.45, 2.75) is 19.8 Å². The number of hydrogen-bond acceptors (Lipinski definition) is 1. The zero-order valence-electron chi connectivity index (χ0n) is 8.49. The van der Waals surface area contributed by atoms with Gasteiger partial charge >= 0.3 is 0 Å². The number of aromatic nitrogens is 2. The van der Waals surface area contributed by atoms with E-state index in [1.807, 2.05) is 24.4 Å². The minimum atomic E-state index is 0.559. The van der Waals surface area contributed by atoms with Gasteiger partial charge in [0.15, 0.2) is 0 Å². The Hall–Kier alpha value is -1.57. The van der Waals surface area contributed by atoms with E-state index < -0.39 is 0 Å². The summed E-state index contributed by atoms with van der Waals surface area (Å²) in [5.74, 6) is 0.559. The number of rotatable bonds is 2. The highest BCUT2D eigenvalue weighted by Gasteiger charge is 2.04. The monoisotopic (exact) mass is 186 g/mol. The fourth-order valence-electron chi connectivity index (χ4n) is 1.41. The quantitative estimate of drug-likeness (QED) is 0.766. The van der Waals surface area contributed by atoms with E-state index in [1.54, 1.807) is 0 Å². The zero-order valence-corrected chi connectivity index (χ0v) is 8.49. The molecule has 0 aliphatic carbocycles. The molecule has 0 unspecified atom stereocenters. The van der Waals surface area contributed by atoms with Crippen LogP contribution in [0, 0.1) is 0 Å². The molecule has 14 heavy (non-hydrogen) atoms. The Balaban J connectivity index is 2.34. The van der Waals surface area contributed by atoms with Crippen LogP contribution in [-0.2, 0) is 0 Å². The highest BCUT2D eigenvalue weighted by molar-refractivity contribution is 5.55. The van der Waals surface area contributed by atoms with Gasteiger partial charge in [0.1, 0.15) is 0 Å². The lowest BCUT2D eigenvalue weighted by Crippen LogP contribution is -1.81. The van der Waals surface area contributed by atoms with Gasteiger partial charge in [-0.25, -0.2) is 0 Å².